The molecule has 2 atom stereocenters. The molecule has 1 aliphatic rings. The van der Waals surface area contributed by atoms with E-state index in [4.69, 9.17) is 11.6 Å². The third-order valence-corrected chi connectivity index (χ3v) is 7.32. The summed E-state index contributed by atoms with van der Waals surface area (Å²) in [5, 5.41) is 25.7. The molecule has 9 heteroatoms. The van der Waals surface area contributed by atoms with Crippen molar-refractivity contribution < 1.29 is 23.4 Å². The van der Waals surface area contributed by atoms with E-state index in [1.165, 1.54) is 34.9 Å². The van der Waals surface area contributed by atoms with Gasteiger partial charge in [-0.05, 0) is 65.9 Å². The molecular weight excluding hydrogens is 505 g/mol. The molecule has 0 bridgehead atoms. The molecule has 4 aromatic rings. The SMILES string of the molecule is CC1(C)CC(O)(C(F)(F)F)C(Nc2cccc3c2ccc(=O)n3-c2ccc(Cl)cc2)c2cccc(O)c21. The zero-order valence-corrected chi connectivity index (χ0v) is 20.7. The molecule has 0 saturated heterocycles. The van der Waals surface area contributed by atoms with E-state index >= 15 is 0 Å². The van der Waals surface area contributed by atoms with Gasteiger partial charge in [-0.15, -0.1) is 0 Å². The lowest BCUT2D eigenvalue weighted by molar-refractivity contribution is -0.275. The van der Waals surface area contributed by atoms with Crippen LogP contribution >= 0.6 is 11.6 Å². The van der Waals surface area contributed by atoms with Crippen molar-refractivity contribution in [2.45, 2.75) is 43.5 Å². The van der Waals surface area contributed by atoms with Gasteiger partial charge in [-0.2, -0.15) is 13.2 Å². The van der Waals surface area contributed by atoms with Crippen molar-refractivity contribution in [2.24, 2.45) is 0 Å². The molecular formula is C28H24ClF3N2O3. The van der Waals surface area contributed by atoms with Crippen LogP contribution in [-0.4, -0.2) is 26.6 Å². The molecule has 0 amide bonds. The van der Waals surface area contributed by atoms with Crippen LogP contribution in [0.2, 0.25) is 5.02 Å². The van der Waals surface area contributed by atoms with Gasteiger partial charge in [-0.1, -0.05) is 43.6 Å². The largest absolute Gasteiger partial charge is 0.508 e. The minimum absolute atomic E-state index is 0.131. The highest BCUT2D eigenvalue weighted by molar-refractivity contribution is 6.30. The average molecular weight is 529 g/mol. The van der Waals surface area contributed by atoms with Crippen molar-refractivity contribution in [1.29, 1.82) is 0 Å². The number of alkyl halides is 3. The van der Waals surface area contributed by atoms with Gasteiger partial charge in [0.15, 0.2) is 5.60 Å². The summed E-state index contributed by atoms with van der Waals surface area (Å²) in [5.41, 5.74) is -2.82. The molecule has 37 heavy (non-hydrogen) atoms. The summed E-state index contributed by atoms with van der Waals surface area (Å²) >= 11 is 6.00. The van der Waals surface area contributed by atoms with Crippen molar-refractivity contribution in [3.8, 4) is 11.4 Å². The fraction of sp³-hybridized carbons (Fsp3) is 0.250. The first-order valence-corrected chi connectivity index (χ1v) is 12.0. The molecule has 0 radical (unpaired) electrons. The maximum Gasteiger partial charge on any atom is 0.419 e. The summed E-state index contributed by atoms with van der Waals surface area (Å²) in [6.45, 7) is 3.14. The van der Waals surface area contributed by atoms with Gasteiger partial charge < -0.3 is 15.5 Å². The molecule has 3 aromatic carbocycles. The van der Waals surface area contributed by atoms with Crippen LogP contribution in [0.3, 0.4) is 0 Å². The van der Waals surface area contributed by atoms with Gasteiger partial charge in [0.25, 0.3) is 5.56 Å². The molecule has 3 N–H and O–H groups in total. The highest BCUT2D eigenvalue weighted by Crippen LogP contribution is 2.56. The molecule has 5 rings (SSSR count). The third kappa shape index (κ3) is 4.04. The number of benzene rings is 3. The lowest BCUT2D eigenvalue weighted by Gasteiger charge is -2.49. The van der Waals surface area contributed by atoms with Crippen LogP contribution in [0.5, 0.6) is 5.75 Å². The van der Waals surface area contributed by atoms with Gasteiger partial charge in [-0.3, -0.25) is 9.36 Å². The smallest absolute Gasteiger partial charge is 0.419 e. The fourth-order valence-electron chi connectivity index (χ4n) is 5.53. The molecule has 1 aromatic heterocycles. The first-order valence-electron chi connectivity index (χ1n) is 11.6. The Hall–Kier alpha value is -3.49. The summed E-state index contributed by atoms with van der Waals surface area (Å²) in [4.78, 5) is 12.8. The second-order valence-electron chi connectivity index (χ2n) is 10.0. The van der Waals surface area contributed by atoms with E-state index < -0.39 is 29.7 Å². The second-order valence-corrected chi connectivity index (χ2v) is 10.5. The number of halogens is 4. The van der Waals surface area contributed by atoms with Crippen molar-refractivity contribution in [2.75, 3.05) is 5.32 Å². The first-order chi connectivity index (χ1) is 17.3. The standard InChI is InChI=1S/C28H24ClF3N2O3/c1-26(2)15-27(37,28(30,31)32)25(19-5-3-8-22(35)24(19)26)33-20-6-4-7-21-18(20)13-14-23(36)34(21)17-11-9-16(29)10-12-17/h3-14,25,33,35,37H,15H2,1-2H3. The van der Waals surface area contributed by atoms with E-state index in [0.29, 0.717) is 32.9 Å². The number of pyridine rings is 1. The summed E-state index contributed by atoms with van der Waals surface area (Å²) < 4.78 is 44.9. The quantitative estimate of drug-likeness (QED) is 0.284. The second kappa shape index (κ2) is 8.53. The first kappa shape index (κ1) is 25.2. The lowest BCUT2D eigenvalue weighted by atomic mass is 9.63. The van der Waals surface area contributed by atoms with E-state index in [2.05, 4.69) is 5.32 Å². The molecule has 1 heterocycles. The Morgan fingerprint density at radius 2 is 1.68 bits per heavy atom. The summed E-state index contributed by atoms with van der Waals surface area (Å²) in [6.07, 6.45) is -5.63. The number of phenols is 1. The van der Waals surface area contributed by atoms with Crippen LogP contribution in [0.25, 0.3) is 16.6 Å². The number of aromatic hydroxyl groups is 1. The number of nitrogens with one attached hydrogen (secondary N) is 1. The molecule has 0 aliphatic heterocycles. The van der Waals surface area contributed by atoms with Gasteiger partial charge in [0.05, 0.1) is 11.6 Å². The highest BCUT2D eigenvalue weighted by atomic mass is 35.5. The summed E-state index contributed by atoms with van der Waals surface area (Å²) in [5.74, 6) is -0.131. The zero-order valence-electron chi connectivity index (χ0n) is 20.0. The Morgan fingerprint density at radius 3 is 2.35 bits per heavy atom. The van der Waals surface area contributed by atoms with E-state index in [1.807, 2.05) is 0 Å². The Morgan fingerprint density at radius 1 is 1.00 bits per heavy atom. The average Bonchev–Trinajstić information content (AvgIpc) is 2.81. The molecule has 0 fully saturated rings. The number of fused-ring (bicyclic) bond motifs is 2. The molecule has 2 unspecified atom stereocenters. The summed E-state index contributed by atoms with van der Waals surface area (Å²) in [6, 6.07) is 17.2. The maximum atomic E-state index is 14.5. The topological polar surface area (TPSA) is 74.5 Å². The monoisotopic (exact) mass is 528 g/mol. The number of anilines is 1. The van der Waals surface area contributed by atoms with E-state index in [-0.39, 0.29) is 16.9 Å². The van der Waals surface area contributed by atoms with E-state index in [1.54, 1.807) is 56.3 Å². The van der Waals surface area contributed by atoms with Gasteiger partial charge in [0.2, 0.25) is 0 Å². The predicted octanol–water partition coefficient (Wildman–Crippen LogP) is 6.48. The number of nitrogens with zero attached hydrogens (tertiary/aromatic N) is 1. The fourth-order valence-corrected chi connectivity index (χ4v) is 5.65. The van der Waals surface area contributed by atoms with Gasteiger partial charge in [0, 0.05) is 33.4 Å². The van der Waals surface area contributed by atoms with Crippen LogP contribution in [0, 0.1) is 0 Å². The number of aliphatic hydroxyl groups is 1. The molecule has 192 valence electrons. The van der Waals surface area contributed by atoms with Gasteiger partial charge in [0.1, 0.15) is 5.75 Å². The van der Waals surface area contributed by atoms with Gasteiger partial charge in [-0.25, -0.2) is 0 Å². The minimum Gasteiger partial charge on any atom is -0.508 e. The Kier molecular flexibility index (Phi) is 5.80. The lowest BCUT2D eigenvalue weighted by Crippen LogP contribution is -2.58. The molecule has 0 saturated carbocycles. The molecule has 5 nitrogen and oxygen atoms in total. The van der Waals surface area contributed by atoms with Gasteiger partial charge >= 0.3 is 6.18 Å². The Balaban J connectivity index is 1.72. The molecule has 0 spiro atoms. The maximum absolute atomic E-state index is 14.5. The van der Waals surface area contributed by atoms with Crippen molar-refractivity contribution in [3.63, 3.8) is 0 Å². The number of aromatic nitrogens is 1. The van der Waals surface area contributed by atoms with Crippen LogP contribution in [0.15, 0.2) is 77.6 Å². The third-order valence-electron chi connectivity index (χ3n) is 7.06. The van der Waals surface area contributed by atoms with Crippen LogP contribution in [0.1, 0.15) is 37.4 Å². The predicted molar refractivity (Wildman–Crippen MR) is 138 cm³/mol. The highest BCUT2D eigenvalue weighted by Gasteiger charge is 2.64. The number of hydrogen-bond donors (Lipinski definition) is 3. The van der Waals surface area contributed by atoms with Crippen LogP contribution in [-0.2, 0) is 5.41 Å². The number of rotatable bonds is 3. The zero-order chi connectivity index (χ0) is 26.8. The van der Waals surface area contributed by atoms with Crippen molar-refractivity contribution >= 4 is 28.2 Å². The van der Waals surface area contributed by atoms with Crippen LogP contribution in [0.4, 0.5) is 18.9 Å². The van der Waals surface area contributed by atoms with E-state index in [0.717, 1.165) is 0 Å². The summed E-state index contributed by atoms with van der Waals surface area (Å²) in [7, 11) is 0. The number of phenolic OH excluding ortho intramolecular Hbond substituents is 1. The molecule has 1 aliphatic carbocycles. The minimum atomic E-state index is -4.97. The Bertz CT molecular complexity index is 1560. The van der Waals surface area contributed by atoms with Crippen molar-refractivity contribution in [1.82, 2.24) is 4.57 Å². The Labute approximate surface area is 215 Å². The normalized spacial score (nSPS) is 21.0. The van der Waals surface area contributed by atoms with Crippen LogP contribution < -0.4 is 10.9 Å². The van der Waals surface area contributed by atoms with Crippen molar-refractivity contribution in [3.05, 3.63) is 99.3 Å². The van der Waals surface area contributed by atoms with E-state index in [9.17, 15) is 28.2 Å². The number of hydrogen-bond acceptors (Lipinski definition) is 4.